The quantitative estimate of drug-likeness (QED) is 0.224. The van der Waals surface area contributed by atoms with Gasteiger partial charge in [-0.1, -0.05) is 18.7 Å². The summed E-state index contributed by atoms with van der Waals surface area (Å²) in [7, 11) is 7.68. The molecule has 0 atom stereocenters. The minimum atomic E-state index is -0.304. The van der Waals surface area contributed by atoms with Crippen molar-refractivity contribution in [2.24, 2.45) is 22.8 Å². The van der Waals surface area contributed by atoms with Gasteiger partial charge in [0.2, 0.25) is 5.91 Å². The van der Waals surface area contributed by atoms with E-state index in [4.69, 9.17) is 15.5 Å². The van der Waals surface area contributed by atoms with Gasteiger partial charge in [-0.2, -0.15) is 5.10 Å². The average Bonchev–Trinajstić information content (AvgIpc) is 3.35. The van der Waals surface area contributed by atoms with E-state index in [1.165, 1.54) is 12.4 Å². The number of anilines is 2. The van der Waals surface area contributed by atoms with Crippen LogP contribution in [0.25, 0.3) is 17.0 Å². The summed E-state index contributed by atoms with van der Waals surface area (Å²) in [6.07, 6.45) is 7.97. The number of aromatic nitrogens is 2. The molecule has 216 valence electrons. The Morgan fingerprint density at radius 1 is 1.22 bits per heavy atom. The molecule has 1 amide bonds. The molecule has 1 aliphatic rings. The number of nitrogens with two attached hydrogens (primary N) is 1. The van der Waals surface area contributed by atoms with Crippen LogP contribution in [0.15, 0.2) is 65.2 Å². The minimum Gasteiger partial charge on any atom is -0.494 e. The zero-order chi connectivity index (χ0) is 29.4. The normalized spacial score (nSPS) is 15.0. The number of methoxy groups -OCH3 is 1. The number of hydrogen-bond acceptors (Lipinski definition) is 7. The molecule has 3 N–H and O–H groups in total. The summed E-state index contributed by atoms with van der Waals surface area (Å²) in [5.41, 5.74) is 9.67. The number of ether oxygens (including phenoxy) is 1. The Morgan fingerprint density at radius 3 is 2.68 bits per heavy atom. The minimum absolute atomic E-state index is 0.304. The van der Waals surface area contributed by atoms with E-state index in [0.29, 0.717) is 23.0 Å². The van der Waals surface area contributed by atoms with Gasteiger partial charge in [-0.25, -0.2) is 9.98 Å². The fourth-order valence-electron chi connectivity index (χ4n) is 4.67. The zero-order valence-corrected chi connectivity index (χ0v) is 24.2. The van der Waals surface area contributed by atoms with Gasteiger partial charge in [-0.05, 0) is 50.0 Å². The maximum Gasteiger partial charge on any atom is 0.247 e. The molecule has 11 heteroatoms. The van der Waals surface area contributed by atoms with E-state index in [1.54, 1.807) is 19.3 Å². The SMILES string of the molecule is C=CC(=O)Nc1cc(N=C(/C=C/c2ccc3c(cnn3C)c2)N=CN)c(OC)cc1N1CCN(CCN(C)C)CC1. The van der Waals surface area contributed by atoms with E-state index in [9.17, 15) is 4.79 Å². The smallest absolute Gasteiger partial charge is 0.247 e. The Hall–Kier alpha value is -4.48. The maximum absolute atomic E-state index is 12.4. The predicted molar refractivity (Wildman–Crippen MR) is 169 cm³/mol. The van der Waals surface area contributed by atoms with Crippen molar-refractivity contribution in [3.8, 4) is 5.75 Å². The highest BCUT2D eigenvalue weighted by molar-refractivity contribution is 6.04. The van der Waals surface area contributed by atoms with Gasteiger partial charge in [0, 0.05) is 57.8 Å². The topological polar surface area (TPSA) is 117 Å². The molecule has 0 aliphatic carbocycles. The molecule has 41 heavy (non-hydrogen) atoms. The summed E-state index contributed by atoms with van der Waals surface area (Å²) in [5.74, 6) is 0.628. The van der Waals surface area contributed by atoms with E-state index in [0.717, 1.165) is 61.4 Å². The van der Waals surface area contributed by atoms with E-state index >= 15 is 0 Å². The first-order chi connectivity index (χ1) is 19.8. The third-order valence-electron chi connectivity index (χ3n) is 6.95. The molecule has 1 fully saturated rings. The average molecular weight is 558 g/mol. The molecule has 3 aromatic rings. The molecule has 1 saturated heterocycles. The Kier molecular flexibility index (Phi) is 9.88. The molecule has 0 saturated carbocycles. The second-order valence-corrected chi connectivity index (χ2v) is 10.0. The van der Waals surface area contributed by atoms with Crippen molar-refractivity contribution >= 4 is 52.1 Å². The number of benzene rings is 2. The van der Waals surface area contributed by atoms with E-state index < -0.39 is 0 Å². The number of aryl methyl sites for hydroxylation is 1. The summed E-state index contributed by atoms with van der Waals surface area (Å²) in [5, 5.41) is 8.29. The molecule has 11 nitrogen and oxygen atoms in total. The predicted octanol–water partition coefficient (Wildman–Crippen LogP) is 3.12. The number of hydrogen-bond donors (Lipinski definition) is 2. The second-order valence-electron chi connectivity index (χ2n) is 10.0. The number of rotatable bonds is 10. The molecule has 2 heterocycles. The molecule has 0 radical (unpaired) electrons. The van der Waals surface area contributed by atoms with Crippen molar-refractivity contribution in [3.63, 3.8) is 0 Å². The molecule has 0 spiro atoms. The van der Waals surface area contributed by atoms with Gasteiger partial charge in [0.15, 0.2) is 5.84 Å². The van der Waals surface area contributed by atoms with Crippen LogP contribution < -0.4 is 20.7 Å². The number of nitrogens with zero attached hydrogens (tertiary/aromatic N) is 7. The molecule has 1 aromatic heterocycles. The van der Waals surface area contributed by atoms with Crippen LogP contribution in [0.1, 0.15) is 5.56 Å². The van der Waals surface area contributed by atoms with Crippen molar-refractivity contribution in [2.75, 3.05) is 70.7 Å². The molecule has 1 aliphatic heterocycles. The summed E-state index contributed by atoms with van der Waals surface area (Å²) < 4.78 is 7.57. The highest BCUT2D eigenvalue weighted by atomic mass is 16.5. The highest BCUT2D eigenvalue weighted by Gasteiger charge is 2.22. The van der Waals surface area contributed by atoms with Gasteiger partial charge in [0.25, 0.3) is 0 Å². The van der Waals surface area contributed by atoms with Crippen LogP contribution in [0.3, 0.4) is 0 Å². The number of amidine groups is 1. The van der Waals surface area contributed by atoms with Crippen molar-refractivity contribution < 1.29 is 9.53 Å². The summed E-state index contributed by atoms with van der Waals surface area (Å²) >= 11 is 0. The second kappa shape index (κ2) is 13.7. The zero-order valence-electron chi connectivity index (χ0n) is 24.2. The number of nitrogens with one attached hydrogen (secondary N) is 1. The molecule has 4 rings (SSSR count). The van der Waals surface area contributed by atoms with Crippen LogP contribution in [0.2, 0.25) is 0 Å². The first-order valence-electron chi connectivity index (χ1n) is 13.5. The first-order valence-corrected chi connectivity index (χ1v) is 13.5. The van der Waals surface area contributed by atoms with Crippen molar-refractivity contribution in [1.82, 2.24) is 19.6 Å². The summed E-state index contributed by atoms with van der Waals surface area (Å²) in [4.78, 5) is 28.3. The summed E-state index contributed by atoms with van der Waals surface area (Å²) in [6, 6.07) is 9.78. The van der Waals surface area contributed by atoms with Crippen LogP contribution in [0, 0.1) is 0 Å². The lowest BCUT2D eigenvalue weighted by Crippen LogP contribution is -2.48. The Bertz CT molecular complexity index is 1460. The van der Waals surface area contributed by atoms with Gasteiger partial charge >= 0.3 is 0 Å². The number of piperazine rings is 1. The van der Waals surface area contributed by atoms with E-state index in [-0.39, 0.29) is 5.91 Å². The number of amides is 1. The number of carbonyl (C=O) groups excluding carboxylic acids is 1. The molecule has 0 bridgehead atoms. The Labute approximate surface area is 241 Å². The third-order valence-corrected chi connectivity index (χ3v) is 6.95. The van der Waals surface area contributed by atoms with E-state index in [2.05, 4.69) is 50.8 Å². The fourth-order valence-corrected chi connectivity index (χ4v) is 4.67. The summed E-state index contributed by atoms with van der Waals surface area (Å²) in [6.45, 7) is 9.14. The number of carbonyl (C=O) groups is 1. The van der Waals surface area contributed by atoms with Gasteiger partial charge in [0.1, 0.15) is 11.4 Å². The maximum atomic E-state index is 12.4. The lowest BCUT2D eigenvalue weighted by molar-refractivity contribution is -0.111. The van der Waals surface area contributed by atoms with Crippen LogP contribution in [0.4, 0.5) is 17.1 Å². The molecular formula is C30H39N9O2. The molecule has 0 unspecified atom stereocenters. The Morgan fingerprint density at radius 2 is 2.00 bits per heavy atom. The number of aliphatic imine (C=N–C) groups is 2. The van der Waals surface area contributed by atoms with Crippen LogP contribution in [-0.4, -0.2) is 98.1 Å². The van der Waals surface area contributed by atoms with Crippen molar-refractivity contribution in [3.05, 3.63) is 60.8 Å². The van der Waals surface area contributed by atoms with Crippen molar-refractivity contribution in [1.29, 1.82) is 0 Å². The molecular weight excluding hydrogens is 518 g/mol. The number of likely N-dealkylation sites (N-methyl/N-ethyl adjacent to an activating group) is 1. The van der Waals surface area contributed by atoms with Crippen LogP contribution in [0.5, 0.6) is 5.75 Å². The van der Waals surface area contributed by atoms with Crippen molar-refractivity contribution in [2.45, 2.75) is 0 Å². The van der Waals surface area contributed by atoms with Gasteiger partial charge in [0.05, 0.1) is 36.5 Å². The standard InChI is InChI=1S/C30H39N9O2/c1-6-30(40)35-24-18-25(28(41-5)19-27(24)39-15-13-38(14-16-39)12-11-36(2)3)34-29(32-21-31)10-8-22-7-9-26-23(17-22)20-33-37(26)4/h6-10,17-21H,1,11-16H2,2-5H3,(H,35,40)(H2,31,32,34)/b10-8+. The van der Waals surface area contributed by atoms with Crippen LogP contribution in [-0.2, 0) is 11.8 Å². The largest absolute Gasteiger partial charge is 0.494 e. The van der Waals surface area contributed by atoms with Gasteiger partial charge in [-0.15, -0.1) is 0 Å². The van der Waals surface area contributed by atoms with Crippen LogP contribution >= 0.6 is 0 Å². The van der Waals surface area contributed by atoms with Gasteiger partial charge < -0.3 is 25.6 Å². The number of fused-ring (bicyclic) bond motifs is 1. The lowest BCUT2D eigenvalue weighted by atomic mass is 10.1. The highest BCUT2D eigenvalue weighted by Crippen LogP contribution is 2.39. The molecule has 2 aromatic carbocycles. The van der Waals surface area contributed by atoms with E-state index in [1.807, 2.05) is 48.3 Å². The fraction of sp³-hybridized carbons (Fsp3) is 0.333. The lowest BCUT2D eigenvalue weighted by Gasteiger charge is -2.37. The van der Waals surface area contributed by atoms with Gasteiger partial charge in [-0.3, -0.25) is 14.4 Å². The monoisotopic (exact) mass is 557 g/mol. The Balaban J connectivity index is 1.64. The first kappa shape index (κ1) is 29.5. The third kappa shape index (κ3) is 7.59.